The Bertz CT molecular complexity index is 562. The van der Waals surface area contributed by atoms with Gasteiger partial charge in [0.1, 0.15) is 17.5 Å². The normalized spacial score (nSPS) is 10.4. The summed E-state index contributed by atoms with van der Waals surface area (Å²) in [6, 6.07) is 8.26. The Morgan fingerprint density at radius 3 is 2.89 bits per heavy atom. The van der Waals surface area contributed by atoms with Crippen LogP contribution in [0, 0.1) is 5.82 Å². The van der Waals surface area contributed by atoms with Gasteiger partial charge in [-0.05, 0) is 30.4 Å². The van der Waals surface area contributed by atoms with Crippen LogP contribution in [-0.2, 0) is 6.42 Å². The van der Waals surface area contributed by atoms with Crippen molar-refractivity contribution in [3.63, 3.8) is 0 Å². The Balaban J connectivity index is 1.94. The molecule has 0 fully saturated rings. The Hall–Kier alpha value is -1.82. The second-order valence-corrected chi connectivity index (χ2v) is 4.74. The van der Waals surface area contributed by atoms with Gasteiger partial charge in [-0.1, -0.05) is 23.9 Å². The monoisotopic (exact) mass is 278 g/mol. The fraction of sp³-hybridized carbons (Fsp3) is 0.231. The van der Waals surface area contributed by atoms with Crippen LogP contribution in [0.4, 0.5) is 16.0 Å². The molecule has 1 heterocycles. The molecule has 3 N–H and O–H groups in total. The maximum absolute atomic E-state index is 13.0. The number of rotatable bonds is 5. The number of nitrogen functional groups attached to an aromatic ring is 1. The number of benzene rings is 1. The zero-order valence-electron chi connectivity index (χ0n) is 10.6. The summed E-state index contributed by atoms with van der Waals surface area (Å²) < 4.78 is 13.0. The van der Waals surface area contributed by atoms with E-state index >= 15 is 0 Å². The molecule has 2 rings (SSSR count). The fourth-order valence-corrected chi connectivity index (χ4v) is 2.04. The third kappa shape index (κ3) is 4.10. The molecule has 0 aliphatic heterocycles. The Morgan fingerprint density at radius 2 is 2.16 bits per heavy atom. The molecule has 4 nitrogen and oxygen atoms in total. The lowest BCUT2D eigenvalue weighted by atomic mass is 10.1. The summed E-state index contributed by atoms with van der Waals surface area (Å²) in [5.74, 6) is 0.911. The van der Waals surface area contributed by atoms with Crippen LogP contribution in [0.25, 0.3) is 0 Å². The summed E-state index contributed by atoms with van der Waals surface area (Å²) in [5.41, 5.74) is 6.63. The number of nitrogens with two attached hydrogens (primary N) is 1. The number of nitrogens with one attached hydrogen (secondary N) is 1. The minimum Gasteiger partial charge on any atom is -0.383 e. The second kappa shape index (κ2) is 6.38. The first kappa shape index (κ1) is 13.6. The van der Waals surface area contributed by atoms with Crippen LogP contribution in [0.2, 0.25) is 0 Å². The highest BCUT2D eigenvalue weighted by Gasteiger charge is 2.01. The van der Waals surface area contributed by atoms with E-state index in [1.165, 1.54) is 23.9 Å². The minimum absolute atomic E-state index is 0.214. The van der Waals surface area contributed by atoms with Gasteiger partial charge in [0.05, 0.1) is 0 Å². The lowest BCUT2D eigenvalue weighted by Crippen LogP contribution is -2.08. The molecule has 0 saturated carbocycles. The van der Waals surface area contributed by atoms with Gasteiger partial charge in [-0.25, -0.2) is 14.4 Å². The van der Waals surface area contributed by atoms with E-state index in [2.05, 4.69) is 15.3 Å². The second-order valence-electron chi connectivity index (χ2n) is 3.97. The first-order chi connectivity index (χ1) is 9.17. The number of anilines is 2. The van der Waals surface area contributed by atoms with Crippen LogP contribution in [0.1, 0.15) is 5.56 Å². The zero-order chi connectivity index (χ0) is 13.7. The van der Waals surface area contributed by atoms with E-state index in [9.17, 15) is 4.39 Å². The first-order valence-electron chi connectivity index (χ1n) is 5.84. The average Bonchev–Trinajstić information content (AvgIpc) is 2.38. The van der Waals surface area contributed by atoms with Crippen molar-refractivity contribution in [1.29, 1.82) is 0 Å². The lowest BCUT2D eigenvalue weighted by Gasteiger charge is -2.07. The van der Waals surface area contributed by atoms with Crippen LogP contribution in [-0.4, -0.2) is 22.8 Å². The minimum atomic E-state index is -0.214. The van der Waals surface area contributed by atoms with Gasteiger partial charge in [-0.15, -0.1) is 0 Å². The summed E-state index contributed by atoms with van der Waals surface area (Å²) in [5, 5.41) is 3.79. The van der Waals surface area contributed by atoms with Crippen molar-refractivity contribution in [3.05, 3.63) is 41.7 Å². The molecular formula is C13H15FN4S. The molecule has 100 valence electrons. The van der Waals surface area contributed by atoms with Gasteiger partial charge in [-0.3, -0.25) is 0 Å². The summed E-state index contributed by atoms with van der Waals surface area (Å²) in [6.45, 7) is 0.660. The van der Waals surface area contributed by atoms with Gasteiger partial charge in [0, 0.05) is 12.6 Å². The Kier molecular flexibility index (Phi) is 4.57. The number of hydrogen-bond donors (Lipinski definition) is 2. The van der Waals surface area contributed by atoms with Gasteiger partial charge in [0.25, 0.3) is 0 Å². The fourth-order valence-electron chi connectivity index (χ4n) is 1.65. The van der Waals surface area contributed by atoms with E-state index in [0.29, 0.717) is 23.3 Å². The molecule has 0 atom stereocenters. The molecule has 0 spiro atoms. The number of aromatic nitrogens is 2. The highest BCUT2D eigenvalue weighted by Crippen LogP contribution is 2.15. The molecule has 0 saturated heterocycles. The molecule has 1 aromatic carbocycles. The largest absolute Gasteiger partial charge is 0.383 e. The number of nitrogens with zero attached hydrogens (tertiary/aromatic N) is 2. The topological polar surface area (TPSA) is 63.8 Å². The third-order valence-electron chi connectivity index (χ3n) is 2.52. The molecule has 0 unspecified atom stereocenters. The van der Waals surface area contributed by atoms with Crippen LogP contribution in [0.5, 0.6) is 0 Å². The molecule has 0 amide bonds. The van der Waals surface area contributed by atoms with Crippen molar-refractivity contribution in [2.45, 2.75) is 11.6 Å². The van der Waals surface area contributed by atoms with Crippen molar-refractivity contribution in [1.82, 2.24) is 9.97 Å². The van der Waals surface area contributed by atoms with Gasteiger partial charge in [0.2, 0.25) is 0 Å². The quantitative estimate of drug-likeness (QED) is 0.650. The standard InChI is InChI=1S/C13H15FN4S/c1-19-13-17-11(15)8-12(18-13)16-6-5-9-3-2-4-10(14)7-9/h2-4,7-8H,5-6H2,1H3,(H3,15,16,17,18). The van der Waals surface area contributed by atoms with E-state index in [0.717, 1.165) is 12.0 Å². The summed E-state index contributed by atoms with van der Waals surface area (Å²) in [7, 11) is 0. The van der Waals surface area contributed by atoms with Gasteiger partial charge in [0.15, 0.2) is 5.16 Å². The molecule has 2 aromatic rings. The van der Waals surface area contributed by atoms with Crippen LogP contribution in [0.3, 0.4) is 0 Å². The highest BCUT2D eigenvalue weighted by atomic mass is 32.2. The zero-order valence-corrected chi connectivity index (χ0v) is 11.4. The number of thioether (sulfide) groups is 1. The van der Waals surface area contributed by atoms with E-state index < -0.39 is 0 Å². The molecule has 0 aliphatic carbocycles. The smallest absolute Gasteiger partial charge is 0.191 e. The predicted octanol–water partition coefficient (Wildman–Crippen LogP) is 2.57. The van der Waals surface area contributed by atoms with E-state index in [1.54, 1.807) is 12.1 Å². The van der Waals surface area contributed by atoms with Gasteiger partial charge >= 0.3 is 0 Å². The van der Waals surface area contributed by atoms with Crippen molar-refractivity contribution in [2.24, 2.45) is 0 Å². The molecule has 6 heteroatoms. The van der Waals surface area contributed by atoms with Crippen LogP contribution in [0.15, 0.2) is 35.5 Å². The molecule has 19 heavy (non-hydrogen) atoms. The first-order valence-corrected chi connectivity index (χ1v) is 7.07. The molecule has 1 aromatic heterocycles. The molecule has 0 bridgehead atoms. The summed E-state index contributed by atoms with van der Waals surface area (Å²) >= 11 is 1.44. The van der Waals surface area contributed by atoms with E-state index in [-0.39, 0.29) is 5.82 Å². The van der Waals surface area contributed by atoms with Crippen molar-refractivity contribution >= 4 is 23.4 Å². The maximum Gasteiger partial charge on any atom is 0.191 e. The van der Waals surface area contributed by atoms with Crippen LogP contribution < -0.4 is 11.1 Å². The molecular weight excluding hydrogens is 263 g/mol. The summed E-state index contributed by atoms with van der Waals surface area (Å²) in [6.07, 6.45) is 2.61. The van der Waals surface area contributed by atoms with Gasteiger partial charge in [-0.2, -0.15) is 0 Å². The predicted molar refractivity (Wildman–Crippen MR) is 76.8 cm³/mol. The van der Waals surface area contributed by atoms with E-state index in [1.807, 2.05) is 12.3 Å². The van der Waals surface area contributed by atoms with E-state index in [4.69, 9.17) is 5.73 Å². The van der Waals surface area contributed by atoms with Crippen molar-refractivity contribution < 1.29 is 4.39 Å². The maximum atomic E-state index is 13.0. The lowest BCUT2D eigenvalue weighted by molar-refractivity contribution is 0.625. The highest BCUT2D eigenvalue weighted by molar-refractivity contribution is 7.98. The summed E-state index contributed by atoms with van der Waals surface area (Å²) in [4.78, 5) is 8.36. The number of hydrogen-bond acceptors (Lipinski definition) is 5. The average molecular weight is 278 g/mol. The van der Waals surface area contributed by atoms with Crippen molar-refractivity contribution in [3.8, 4) is 0 Å². The SMILES string of the molecule is CSc1nc(N)cc(NCCc2cccc(F)c2)n1. The molecule has 0 radical (unpaired) electrons. The number of halogens is 1. The van der Waals surface area contributed by atoms with Crippen LogP contribution >= 0.6 is 11.8 Å². The van der Waals surface area contributed by atoms with Gasteiger partial charge < -0.3 is 11.1 Å². The Morgan fingerprint density at radius 1 is 1.32 bits per heavy atom. The Labute approximate surface area is 115 Å². The van der Waals surface area contributed by atoms with Crippen molar-refractivity contribution in [2.75, 3.05) is 23.9 Å². The molecule has 0 aliphatic rings. The third-order valence-corrected chi connectivity index (χ3v) is 3.06.